The highest BCUT2D eigenvalue weighted by molar-refractivity contribution is 9.10. The van der Waals surface area contributed by atoms with Crippen LogP contribution in [0.4, 0.5) is 26.3 Å². The van der Waals surface area contributed by atoms with Crippen LogP contribution in [-0.2, 0) is 0 Å². The lowest BCUT2D eigenvalue weighted by molar-refractivity contribution is -0.291. The Morgan fingerprint density at radius 3 is 2.00 bits per heavy atom. The second-order valence-corrected chi connectivity index (χ2v) is 4.13. The van der Waals surface area contributed by atoms with Gasteiger partial charge in [0.15, 0.2) is 0 Å². The van der Waals surface area contributed by atoms with E-state index in [-0.39, 0.29) is 16.9 Å². The molecule has 0 aromatic heterocycles. The molecule has 0 amide bonds. The summed E-state index contributed by atoms with van der Waals surface area (Å²) in [7, 11) is 0. The molecule has 0 aliphatic rings. The fraction of sp³-hybridized carbons (Fsp3) is 0.333. The Hall–Kier alpha value is -0.470. The third-order valence-electron chi connectivity index (χ3n) is 2.07. The summed E-state index contributed by atoms with van der Waals surface area (Å²) in [5, 5.41) is 0. The lowest BCUT2D eigenvalue weighted by Gasteiger charge is -2.26. The highest BCUT2D eigenvalue weighted by Crippen LogP contribution is 2.43. The summed E-state index contributed by atoms with van der Waals surface area (Å²) < 4.78 is 74.7. The van der Waals surface area contributed by atoms with Crippen molar-refractivity contribution in [2.24, 2.45) is 5.73 Å². The lowest BCUT2D eigenvalue weighted by Crippen LogP contribution is -2.45. The van der Waals surface area contributed by atoms with E-state index in [2.05, 4.69) is 15.9 Å². The van der Waals surface area contributed by atoms with Crippen molar-refractivity contribution in [1.82, 2.24) is 0 Å². The topological polar surface area (TPSA) is 26.0 Å². The van der Waals surface area contributed by atoms with E-state index in [9.17, 15) is 26.3 Å². The van der Waals surface area contributed by atoms with E-state index in [1.807, 2.05) is 0 Å². The van der Waals surface area contributed by atoms with E-state index in [4.69, 9.17) is 5.73 Å². The molecule has 9 heteroatoms. The molecule has 0 saturated carbocycles. The third-order valence-corrected chi connectivity index (χ3v) is 2.71. The smallest absolute Gasteiger partial charge is 0.319 e. The predicted molar refractivity (Wildman–Crippen MR) is 59.3 cm³/mol. The Bertz CT molecular complexity index is 422. The van der Waals surface area contributed by atoms with Crippen molar-refractivity contribution in [2.75, 3.05) is 0 Å². The SMILES string of the molecule is Cl.N[C@@H](c1ccc(Br)c(F)c1)C(F)(F)C(F)(F)F. The van der Waals surface area contributed by atoms with Crippen LogP contribution in [0.1, 0.15) is 11.6 Å². The monoisotopic (exact) mass is 357 g/mol. The molecular weight excluding hydrogens is 351 g/mol. The molecule has 18 heavy (non-hydrogen) atoms. The van der Waals surface area contributed by atoms with E-state index in [1.165, 1.54) is 0 Å². The van der Waals surface area contributed by atoms with Gasteiger partial charge in [-0.25, -0.2) is 4.39 Å². The molecular formula is C9H7BrClF6N. The van der Waals surface area contributed by atoms with Gasteiger partial charge in [0.1, 0.15) is 11.9 Å². The fourth-order valence-corrected chi connectivity index (χ4v) is 1.34. The molecule has 0 unspecified atom stereocenters. The van der Waals surface area contributed by atoms with Crippen LogP contribution in [0, 0.1) is 5.82 Å². The maximum absolute atomic E-state index is 13.0. The second kappa shape index (κ2) is 5.66. The maximum Gasteiger partial charge on any atom is 0.455 e. The molecule has 0 fully saturated rings. The number of hydrogen-bond donors (Lipinski definition) is 1. The first-order valence-corrected chi connectivity index (χ1v) is 5.01. The number of alkyl halides is 5. The number of halogens is 8. The number of rotatable bonds is 2. The van der Waals surface area contributed by atoms with Crippen molar-refractivity contribution in [3.63, 3.8) is 0 Å². The average Bonchev–Trinajstić information content (AvgIpc) is 2.19. The van der Waals surface area contributed by atoms with Crippen molar-refractivity contribution >= 4 is 28.3 Å². The molecule has 0 bridgehead atoms. The third kappa shape index (κ3) is 3.30. The molecule has 1 aromatic carbocycles. The van der Waals surface area contributed by atoms with E-state index in [0.717, 1.165) is 12.1 Å². The zero-order chi connectivity index (χ0) is 13.4. The van der Waals surface area contributed by atoms with Crippen LogP contribution in [-0.4, -0.2) is 12.1 Å². The first kappa shape index (κ1) is 17.5. The highest BCUT2D eigenvalue weighted by atomic mass is 79.9. The predicted octanol–water partition coefficient (Wildman–Crippen LogP) is 4.21. The van der Waals surface area contributed by atoms with Gasteiger partial charge in [0, 0.05) is 0 Å². The normalized spacial score (nSPS) is 14.0. The summed E-state index contributed by atoms with van der Waals surface area (Å²) >= 11 is 2.74. The molecule has 0 aliphatic heterocycles. The van der Waals surface area contributed by atoms with Gasteiger partial charge in [-0.1, -0.05) is 6.07 Å². The minimum Gasteiger partial charge on any atom is -0.319 e. The van der Waals surface area contributed by atoms with Crippen LogP contribution in [0.2, 0.25) is 0 Å². The minimum absolute atomic E-state index is 0. The summed E-state index contributed by atoms with van der Waals surface area (Å²) in [6.45, 7) is 0. The van der Waals surface area contributed by atoms with Crippen LogP contribution < -0.4 is 5.73 Å². The van der Waals surface area contributed by atoms with E-state index in [1.54, 1.807) is 0 Å². The van der Waals surface area contributed by atoms with Crippen LogP contribution in [0.5, 0.6) is 0 Å². The fourth-order valence-electron chi connectivity index (χ4n) is 1.09. The molecule has 0 aliphatic carbocycles. The van der Waals surface area contributed by atoms with Gasteiger partial charge in [0.25, 0.3) is 0 Å². The van der Waals surface area contributed by atoms with Crippen LogP contribution in [0.25, 0.3) is 0 Å². The second-order valence-electron chi connectivity index (χ2n) is 3.27. The van der Waals surface area contributed by atoms with Crippen LogP contribution >= 0.6 is 28.3 Å². The van der Waals surface area contributed by atoms with Crippen molar-refractivity contribution in [2.45, 2.75) is 18.1 Å². The Labute approximate surface area is 113 Å². The van der Waals surface area contributed by atoms with Gasteiger partial charge in [-0.05, 0) is 33.6 Å². The largest absolute Gasteiger partial charge is 0.455 e. The molecule has 0 saturated heterocycles. The molecule has 0 heterocycles. The summed E-state index contributed by atoms with van der Waals surface area (Å²) in [5.41, 5.74) is 4.19. The zero-order valence-electron chi connectivity index (χ0n) is 8.44. The van der Waals surface area contributed by atoms with Gasteiger partial charge < -0.3 is 5.73 Å². The molecule has 2 N–H and O–H groups in total. The van der Waals surface area contributed by atoms with Gasteiger partial charge in [0.2, 0.25) is 0 Å². The van der Waals surface area contributed by atoms with Crippen molar-refractivity contribution in [3.8, 4) is 0 Å². The lowest BCUT2D eigenvalue weighted by atomic mass is 10.0. The summed E-state index contributed by atoms with van der Waals surface area (Å²) in [4.78, 5) is 0. The first-order valence-electron chi connectivity index (χ1n) is 4.22. The first-order chi connectivity index (χ1) is 7.57. The molecule has 1 atom stereocenters. The Morgan fingerprint density at radius 2 is 1.61 bits per heavy atom. The van der Waals surface area contributed by atoms with Crippen molar-refractivity contribution in [3.05, 3.63) is 34.1 Å². The summed E-state index contributed by atoms with van der Waals surface area (Å²) in [6.07, 6.45) is -5.78. The van der Waals surface area contributed by atoms with Crippen molar-refractivity contribution < 1.29 is 26.3 Å². The van der Waals surface area contributed by atoms with E-state index in [0.29, 0.717) is 6.07 Å². The zero-order valence-corrected chi connectivity index (χ0v) is 10.8. The molecule has 104 valence electrons. The van der Waals surface area contributed by atoms with Gasteiger partial charge in [-0.15, -0.1) is 12.4 Å². The average molecular weight is 359 g/mol. The van der Waals surface area contributed by atoms with Gasteiger partial charge in [-0.2, -0.15) is 22.0 Å². The van der Waals surface area contributed by atoms with E-state index < -0.39 is 29.5 Å². The molecule has 1 rings (SSSR count). The number of benzene rings is 1. The van der Waals surface area contributed by atoms with Gasteiger partial charge in [-0.3, -0.25) is 0 Å². The standard InChI is InChI=1S/C9H6BrF6N.ClH/c10-5-2-1-4(3-6(5)11)7(17)8(12,13)9(14,15)16;/h1-3,7H,17H2;1H/t7-;/m0./s1. The van der Waals surface area contributed by atoms with Gasteiger partial charge >= 0.3 is 12.1 Å². The molecule has 1 nitrogen and oxygen atoms in total. The number of nitrogens with two attached hydrogens (primary N) is 1. The van der Waals surface area contributed by atoms with Crippen LogP contribution in [0.3, 0.4) is 0 Å². The summed E-state index contributed by atoms with van der Waals surface area (Å²) in [5.74, 6) is -6.08. The maximum atomic E-state index is 13.0. The Morgan fingerprint density at radius 1 is 1.11 bits per heavy atom. The Balaban J connectivity index is 0.00000289. The van der Waals surface area contributed by atoms with Crippen molar-refractivity contribution in [1.29, 1.82) is 0 Å². The Kier molecular flexibility index (Phi) is 5.52. The number of hydrogen-bond acceptors (Lipinski definition) is 1. The minimum atomic E-state index is -5.78. The summed E-state index contributed by atoms with van der Waals surface area (Å²) in [6, 6.07) is -0.201. The van der Waals surface area contributed by atoms with Crippen LogP contribution in [0.15, 0.2) is 22.7 Å². The van der Waals surface area contributed by atoms with Gasteiger partial charge in [0.05, 0.1) is 4.47 Å². The quantitative estimate of drug-likeness (QED) is 0.788. The highest BCUT2D eigenvalue weighted by Gasteiger charge is 2.61. The van der Waals surface area contributed by atoms with E-state index >= 15 is 0 Å². The molecule has 1 aromatic rings. The molecule has 0 spiro atoms. The molecule has 0 radical (unpaired) electrons.